The van der Waals surface area contributed by atoms with E-state index in [2.05, 4.69) is 44.8 Å². The van der Waals surface area contributed by atoms with Crippen molar-refractivity contribution < 1.29 is 4.79 Å². The van der Waals surface area contributed by atoms with Crippen LogP contribution in [0.4, 0.5) is 0 Å². The second kappa shape index (κ2) is 6.31. The molecular weight excluding hydrogens is 324 g/mol. The lowest BCUT2D eigenvalue weighted by Gasteiger charge is -2.23. The van der Waals surface area contributed by atoms with Gasteiger partial charge in [0.1, 0.15) is 0 Å². The summed E-state index contributed by atoms with van der Waals surface area (Å²) < 4.78 is 0. The number of fused-ring (bicyclic) bond motifs is 4. The Hall–Kier alpha value is -2.56. The zero-order valence-corrected chi connectivity index (χ0v) is 14.9. The Labute approximate surface area is 152 Å². The highest BCUT2D eigenvalue weighted by atomic mass is 16.2. The number of hydrogen-bond donors (Lipinski definition) is 3. The third kappa shape index (κ3) is 2.54. The molecule has 1 aromatic carbocycles. The predicted molar refractivity (Wildman–Crippen MR) is 101 cm³/mol. The smallest absolute Gasteiger partial charge is 0.272 e. The minimum Gasteiger partial charge on any atom is -0.356 e. The molecule has 5 nitrogen and oxygen atoms in total. The summed E-state index contributed by atoms with van der Waals surface area (Å²) in [7, 11) is 0. The van der Waals surface area contributed by atoms with Crippen molar-refractivity contribution in [2.24, 2.45) is 0 Å². The molecule has 134 valence electrons. The Balaban J connectivity index is 1.44. The summed E-state index contributed by atoms with van der Waals surface area (Å²) in [4.78, 5) is 16.5. The summed E-state index contributed by atoms with van der Waals surface area (Å²) in [5.74, 6) is -0.0408. The first kappa shape index (κ1) is 15.7. The van der Waals surface area contributed by atoms with Crippen molar-refractivity contribution in [2.75, 3.05) is 0 Å². The second-order valence-corrected chi connectivity index (χ2v) is 7.57. The number of carbonyl (C=O) groups excluding carboxylic acids is 1. The number of carbonyl (C=O) groups is 1. The fraction of sp³-hybridized carbons (Fsp3) is 0.429. The standard InChI is InChI=1S/C21H24N4O/c26-21(20-15-8-2-1-3-11-17(15)24-25-20)23-18-12-6-9-14-13-7-4-5-10-16(13)22-19(14)18/h4-5,7,10,18,22H,1-3,6,8-9,11-12H2,(H,23,26)(H,24,25)/t18-/m1/s1. The van der Waals surface area contributed by atoms with Crippen LogP contribution in [0.5, 0.6) is 0 Å². The number of aromatic amines is 2. The first-order valence-electron chi connectivity index (χ1n) is 9.77. The van der Waals surface area contributed by atoms with E-state index in [1.807, 2.05) is 0 Å². The number of amides is 1. The second-order valence-electron chi connectivity index (χ2n) is 7.57. The lowest BCUT2D eigenvalue weighted by Crippen LogP contribution is -2.32. The molecule has 2 aliphatic rings. The van der Waals surface area contributed by atoms with Gasteiger partial charge in [0.05, 0.1) is 6.04 Å². The topological polar surface area (TPSA) is 73.6 Å². The number of aryl methyl sites for hydroxylation is 2. The molecule has 26 heavy (non-hydrogen) atoms. The molecular formula is C21H24N4O. The van der Waals surface area contributed by atoms with E-state index in [0.29, 0.717) is 5.69 Å². The van der Waals surface area contributed by atoms with Crippen LogP contribution in [-0.2, 0) is 19.3 Å². The van der Waals surface area contributed by atoms with Gasteiger partial charge < -0.3 is 10.3 Å². The van der Waals surface area contributed by atoms with E-state index < -0.39 is 0 Å². The van der Waals surface area contributed by atoms with E-state index in [4.69, 9.17) is 0 Å². The fourth-order valence-electron chi connectivity index (χ4n) is 4.63. The average Bonchev–Trinajstić information content (AvgIpc) is 3.16. The van der Waals surface area contributed by atoms with E-state index in [-0.39, 0.29) is 11.9 Å². The van der Waals surface area contributed by atoms with Crippen molar-refractivity contribution in [1.82, 2.24) is 20.5 Å². The van der Waals surface area contributed by atoms with Crippen LogP contribution in [0.25, 0.3) is 10.9 Å². The number of hydrogen-bond acceptors (Lipinski definition) is 2. The number of para-hydroxylation sites is 1. The Morgan fingerprint density at radius 1 is 1.04 bits per heavy atom. The first-order valence-corrected chi connectivity index (χ1v) is 9.77. The van der Waals surface area contributed by atoms with Gasteiger partial charge in [-0.05, 0) is 56.6 Å². The summed E-state index contributed by atoms with van der Waals surface area (Å²) in [5.41, 5.74) is 6.58. The molecule has 3 aromatic rings. The molecule has 0 aliphatic heterocycles. The monoisotopic (exact) mass is 348 g/mol. The van der Waals surface area contributed by atoms with Gasteiger partial charge in [-0.15, -0.1) is 0 Å². The summed E-state index contributed by atoms with van der Waals surface area (Å²) in [6, 6.07) is 8.45. The average molecular weight is 348 g/mol. The van der Waals surface area contributed by atoms with Gasteiger partial charge in [0, 0.05) is 27.9 Å². The van der Waals surface area contributed by atoms with Gasteiger partial charge in [-0.2, -0.15) is 5.10 Å². The van der Waals surface area contributed by atoms with Crippen LogP contribution >= 0.6 is 0 Å². The van der Waals surface area contributed by atoms with Crippen LogP contribution in [0.2, 0.25) is 0 Å². The van der Waals surface area contributed by atoms with E-state index in [0.717, 1.165) is 55.3 Å². The highest BCUT2D eigenvalue weighted by Gasteiger charge is 2.28. The van der Waals surface area contributed by atoms with Gasteiger partial charge in [0.25, 0.3) is 5.91 Å². The molecule has 0 unspecified atom stereocenters. The summed E-state index contributed by atoms with van der Waals surface area (Å²) in [6.07, 6.45) is 8.65. The van der Waals surface area contributed by atoms with E-state index >= 15 is 0 Å². The van der Waals surface area contributed by atoms with Crippen LogP contribution in [0.1, 0.15) is 71.1 Å². The number of aromatic nitrogens is 3. The van der Waals surface area contributed by atoms with Crippen molar-refractivity contribution in [3.63, 3.8) is 0 Å². The number of nitrogens with zero attached hydrogens (tertiary/aromatic N) is 1. The minimum absolute atomic E-state index is 0.0387. The molecule has 0 saturated carbocycles. The third-order valence-corrected chi connectivity index (χ3v) is 5.94. The molecule has 2 heterocycles. The van der Waals surface area contributed by atoms with E-state index in [1.54, 1.807) is 0 Å². The fourth-order valence-corrected chi connectivity index (χ4v) is 4.63. The Morgan fingerprint density at radius 2 is 1.88 bits per heavy atom. The highest BCUT2D eigenvalue weighted by Crippen LogP contribution is 2.35. The van der Waals surface area contributed by atoms with Crippen LogP contribution in [0.3, 0.4) is 0 Å². The van der Waals surface area contributed by atoms with E-state index in [9.17, 15) is 4.79 Å². The van der Waals surface area contributed by atoms with Crippen molar-refractivity contribution in [1.29, 1.82) is 0 Å². The molecule has 0 fully saturated rings. The maximum Gasteiger partial charge on any atom is 0.272 e. The lowest BCUT2D eigenvalue weighted by molar-refractivity contribution is 0.0926. The van der Waals surface area contributed by atoms with Gasteiger partial charge in [-0.3, -0.25) is 9.89 Å². The molecule has 1 atom stereocenters. The van der Waals surface area contributed by atoms with Crippen molar-refractivity contribution >= 4 is 16.8 Å². The molecule has 0 bridgehead atoms. The molecule has 3 N–H and O–H groups in total. The normalized spacial score (nSPS) is 19.6. The number of rotatable bonds is 2. The van der Waals surface area contributed by atoms with Crippen molar-refractivity contribution in [3.8, 4) is 0 Å². The zero-order chi connectivity index (χ0) is 17.5. The molecule has 5 rings (SSSR count). The van der Waals surface area contributed by atoms with Crippen molar-refractivity contribution in [3.05, 3.63) is 52.5 Å². The largest absolute Gasteiger partial charge is 0.356 e. The molecule has 1 amide bonds. The third-order valence-electron chi connectivity index (χ3n) is 5.94. The quantitative estimate of drug-likeness (QED) is 0.613. The molecule has 0 saturated heterocycles. The Bertz CT molecular complexity index is 968. The molecule has 5 heteroatoms. The van der Waals surface area contributed by atoms with Crippen molar-refractivity contribution in [2.45, 2.75) is 57.4 Å². The zero-order valence-electron chi connectivity index (χ0n) is 14.9. The van der Waals surface area contributed by atoms with Crippen LogP contribution in [0, 0.1) is 0 Å². The molecule has 0 spiro atoms. The molecule has 0 radical (unpaired) electrons. The first-order chi connectivity index (χ1) is 12.8. The summed E-state index contributed by atoms with van der Waals surface area (Å²) in [6.45, 7) is 0. The van der Waals surface area contributed by atoms with Crippen LogP contribution in [0.15, 0.2) is 24.3 Å². The summed E-state index contributed by atoms with van der Waals surface area (Å²) >= 11 is 0. The van der Waals surface area contributed by atoms with E-state index in [1.165, 1.54) is 29.5 Å². The maximum atomic E-state index is 13.0. The van der Waals surface area contributed by atoms with Gasteiger partial charge in [-0.1, -0.05) is 24.6 Å². The van der Waals surface area contributed by atoms with Gasteiger partial charge in [0.2, 0.25) is 0 Å². The van der Waals surface area contributed by atoms with Gasteiger partial charge in [-0.25, -0.2) is 0 Å². The summed E-state index contributed by atoms with van der Waals surface area (Å²) in [5, 5.41) is 12.0. The van der Waals surface area contributed by atoms with Crippen LogP contribution in [-0.4, -0.2) is 21.1 Å². The number of nitrogens with one attached hydrogen (secondary N) is 3. The number of benzene rings is 1. The Kier molecular flexibility index (Phi) is 3.80. The SMILES string of the molecule is O=C(N[C@@H]1CCCc2c1[nH]c1ccccc21)c1n[nH]c2c1CCCCC2. The maximum absolute atomic E-state index is 13.0. The predicted octanol–water partition coefficient (Wildman–Crippen LogP) is 3.97. The van der Waals surface area contributed by atoms with Gasteiger partial charge in [0.15, 0.2) is 5.69 Å². The molecule has 2 aliphatic carbocycles. The lowest BCUT2D eigenvalue weighted by atomic mass is 9.91. The number of H-pyrrole nitrogens is 2. The van der Waals surface area contributed by atoms with Crippen LogP contribution < -0.4 is 5.32 Å². The molecule has 2 aromatic heterocycles. The Morgan fingerprint density at radius 3 is 2.85 bits per heavy atom. The highest BCUT2D eigenvalue weighted by molar-refractivity contribution is 5.94. The minimum atomic E-state index is -0.0408. The van der Waals surface area contributed by atoms with Gasteiger partial charge >= 0.3 is 0 Å².